The van der Waals surface area contributed by atoms with Crippen LogP contribution in [0.2, 0.25) is 0 Å². The van der Waals surface area contributed by atoms with Gasteiger partial charge in [0.05, 0.1) is 62.8 Å². The lowest BCUT2D eigenvalue weighted by molar-refractivity contribution is -0.959. The van der Waals surface area contributed by atoms with E-state index in [0.717, 1.165) is 43.5 Å². The molecule has 3 atom stereocenters. The Balaban J connectivity index is 1.42. The zero-order valence-corrected chi connectivity index (χ0v) is 16.9. The number of rotatable bonds is 3. The second-order valence-corrected chi connectivity index (χ2v) is 9.11. The molecule has 0 spiro atoms. The summed E-state index contributed by atoms with van der Waals surface area (Å²) in [5, 5.41) is 3.00. The van der Waals surface area contributed by atoms with Crippen molar-refractivity contribution in [2.24, 2.45) is 5.92 Å². The van der Waals surface area contributed by atoms with Crippen LogP contribution in [0.1, 0.15) is 41.4 Å². The number of carbonyl (C=O) groups is 1. The molecule has 0 saturated carbocycles. The molecule has 3 aliphatic heterocycles. The predicted molar refractivity (Wildman–Crippen MR) is 109 cm³/mol. The third-order valence-corrected chi connectivity index (χ3v) is 7.14. The molecule has 1 amide bonds. The number of nitrogens with one attached hydrogen (secondary N) is 3. The molecule has 2 aromatic rings. The zero-order chi connectivity index (χ0) is 20.0. The highest BCUT2D eigenvalue weighted by Crippen LogP contribution is 2.35. The highest BCUT2D eigenvalue weighted by molar-refractivity contribution is 6.02. The van der Waals surface area contributed by atoms with Crippen LogP contribution in [-0.2, 0) is 6.54 Å². The van der Waals surface area contributed by atoms with Crippen molar-refractivity contribution in [2.45, 2.75) is 37.8 Å². The molecule has 5 rings (SSSR count). The maximum atomic E-state index is 12.6. The minimum Gasteiger partial charge on any atom is -0.459 e. The van der Waals surface area contributed by atoms with Gasteiger partial charge in [-0.2, -0.15) is 0 Å². The van der Waals surface area contributed by atoms with Crippen LogP contribution in [0.25, 0.3) is 0 Å². The van der Waals surface area contributed by atoms with Crippen molar-refractivity contribution in [3.05, 3.63) is 52.3 Å². The molecule has 5 heterocycles. The number of nitrogens with zero attached hydrogens (tertiary/aromatic N) is 1. The van der Waals surface area contributed by atoms with Crippen molar-refractivity contribution < 1.29 is 19.0 Å². The van der Waals surface area contributed by atoms with Crippen molar-refractivity contribution in [3.8, 4) is 0 Å². The lowest BCUT2D eigenvalue weighted by Gasteiger charge is -2.44. The smallest absolute Gasteiger partial charge is 0.291 e. The second kappa shape index (κ2) is 7.46. The molecule has 0 aromatic carbocycles. The summed E-state index contributed by atoms with van der Waals surface area (Å²) >= 11 is 0. The fourth-order valence-electron chi connectivity index (χ4n) is 5.72. The number of pyridine rings is 1. The van der Waals surface area contributed by atoms with E-state index in [1.54, 1.807) is 34.1 Å². The number of anilines is 1. The number of quaternary nitrogens is 2. The van der Waals surface area contributed by atoms with Gasteiger partial charge in [-0.3, -0.25) is 9.59 Å². The molecule has 2 fully saturated rings. The summed E-state index contributed by atoms with van der Waals surface area (Å²) in [6.45, 7) is 5.48. The predicted octanol–water partition coefficient (Wildman–Crippen LogP) is -0.627. The van der Waals surface area contributed by atoms with Gasteiger partial charge in [0.25, 0.3) is 11.5 Å². The molecule has 7 heteroatoms. The molecule has 0 aliphatic carbocycles. The summed E-state index contributed by atoms with van der Waals surface area (Å²) in [6.07, 6.45) is 5.17. The van der Waals surface area contributed by atoms with Gasteiger partial charge in [0.15, 0.2) is 5.76 Å². The number of furan rings is 1. The number of likely N-dealkylation sites (tertiary alicyclic amines) is 2. The van der Waals surface area contributed by atoms with Gasteiger partial charge < -0.3 is 24.1 Å². The summed E-state index contributed by atoms with van der Waals surface area (Å²) in [6, 6.07) is 7.43. The molecule has 2 aromatic heterocycles. The summed E-state index contributed by atoms with van der Waals surface area (Å²) in [4.78, 5) is 28.5. The Morgan fingerprint density at radius 2 is 2.03 bits per heavy atom. The van der Waals surface area contributed by atoms with Crippen LogP contribution in [-0.4, -0.2) is 49.7 Å². The van der Waals surface area contributed by atoms with E-state index in [1.165, 1.54) is 32.2 Å². The first-order chi connectivity index (χ1) is 14.1. The molecule has 3 N–H and O–H groups in total. The van der Waals surface area contributed by atoms with Gasteiger partial charge in [-0.1, -0.05) is 0 Å². The van der Waals surface area contributed by atoms with E-state index in [0.29, 0.717) is 11.8 Å². The third-order valence-electron chi connectivity index (χ3n) is 7.14. The molecule has 2 saturated heterocycles. The Hall–Kier alpha value is -2.38. The minimum atomic E-state index is -0.267. The second-order valence-electron chi connectivity index (χ2n) is 9.11. The van der Waals surface area contributed by atoms with Gasteiger partial charge in [-0.25, -0.2) is 0 Å². The summed E-state index contributed by atoms with van der Waals surface area (Å²) in [5.41, 5.74) is 1.80. The fourth-order valence-corrected chi connectivity index (χ4v) is 5.72. The van der Waals surface area contributed by atoms with Crippen LogP contribution in [0, 0.1) is 5.92 Å². The van der Waals surface area contributed by atoms with Gasteiger partial charge >= 0.3 is 0 Å². The van der Waals surface area contributed by atoms with E-state index in [1.807, 2.05) is 4.57 Å². The Kier molecular flexibility index (Phi) is 4.80. The number of carbonyl (C=O) groups excluding carboxylic acids is 1. The standard InChI is InChI=1S/C22H28N4O3/c1-24-8-6-17(7-9-24)25-12-15-11-16(14-25)21-18(4-5-20(27)26(21)13-15)23-22(28)19-3-2-10-29-19/h2-5,10,15-17H,6-9,11-14H2,1H3,(H,23,28)/p+2/t15-,16+/m0/s1. The Bertz CT molecular complexity index is 943. The molecule has 7 nitrogen and oxygen atoms in total. The van der Waals surface area contributed by atoms with E-state index in [-0.39, 0.29) is 17.2 Å². The average molecular weight is 399 g/mol. The van der Waals surface area contributed by atoms with Crippen LogP contribution < -0.4 is 20.7 Å². The van der Waals surface area contributed by atoms with Crippen molar-refractivity contribution in [1.82, 2.24) is 4.57 Å². The van der Waals surface area contributed by atoms with E-state index in [4.69, 9.17) is 4.42 Å². The van der Waals surface area contributed by atoms with Crippen LogP contribution in [0.5, 0.6) is 0 Å². The lowest BCUT2D eigenvalue weighted by Crippen LogP contribution is -3.21. The van der Waals surface area contributed by atoms with Crippen LogP contribution in [0.3, 0.4) is 0 Å². The first-order valence-corrected chi connectivity index (χ1v) is 10.8. The number of aromatic nitrogens is 1. The Morgan fingerprint density at radius 3 is 2.79 bits per heavy atom. The lowest BCUT2D eigenvalue weighted by atomic mass is 9.81. The molecular formula is C22H30N4O3+2. The first-order valence-electron chi connectivity index (χ1n) is 10.8. The summed E-state index contributed by atoms with van der Waals surface area (Å²) < 4.78 is 7.14. The molecule has 2 bridgehead atoms. The average Bonchev–Trinajstić information content (AvgIpc) is 3.25. The third kappa shape index (κ3) is 3.53. The maximum Gasteiger partial charge on any atom is 0.291 e. The van der Waals surface area contributed by atoms with Crippen LogP contribution >= 0.6 is 0 Å². The van der Waals surface area contributed by atoms with E-state index in [9.17, 15) is 9.59 Å². The molecule has 0 radical (unpaired) electrons. The quantitative estimate of drug-likeness (QED) is 0.645. The Labute approximate surface area is 170 Å². The van der Waals surface area contributed by atoms with Crippen LogP contribution in [0.15, 0.2) is 39.7 Å². The summed E-state index contributed by atoms with van der Waals surface area (Å²) in [5.74, 6) is 0.868. The first kappa shape index (κ1) is 18.6. The highest BCUT2D eigenvalue weighted by Gasteiger charge is 2.42. The molecular weight excluding hydrogens is 368 g/mol. The van der Waals surface area contributed by atoms with Gasteiger partial charge in [-0.05, 0) is 24.6 Å². The fraction of sp³-hybridized carbons (Fsp3) is 0.545. The number of hydrogen-bond acceptors (Lipinski definition) is 3. The zero-order valence-electron chi connectivity index (χ0n) is 16.9. The van der Waals surface area contributed by atoms with Crippen molar-refractivity contribution in [2.75, 3.05) is 38.5 Å². The SMILES string of the molecule is C[NH+]1CCC([NH+]2C[C@@H]3C[C@H](C2)c2c(NC(=O)c4ccco4)ccc(=O)n2C3)CC1. The number of fused-ring (bicyclic) bond motifs is 4. The molecule has 1 unspecified atom stereocenters. The van der Waals surface area contributed by atoms with Gasteiger partial charge in [0.2, 0.25) is 0 Å². The van der Waals surface area contributed by atoms with Gasteiger partial charge in [-0.15, -0.1) is 0 Å². The van der Waals surface area contributed by atoms with E-state index in [2.05, 4.69) is 12.4 Å². The monoisotopic (exact) mass is 398 g/mol. The van der Waals surface area contributed by atoms with E-state index >= 15 is 0 Å². The normalized spacial score (nSPS) is 31.1. The summed E-state index contributed by atoms with van der Waals surface area (Å²) in [7, 11) is 2.28. The highest BCUT2D eigenvalue weighted by atomic mass is 16.3. The Morgan fingerprint density at radius 1 is 1.21 bits per heavy atom. The van der Waals surface area contributed by atoms with E-state index < -0.39 is 0 Å². The van der Waals surface area contributed by atoms with Gasteiger partial charge in [0, 0.05) is 31.4 Å². The topological polar surface area (TPSA) is 73.1 Å². The molecule has 3 aliphatic rings. The maximum absolute atomic E-state index is 12.6. The number of piperidine rings is 2. The van der Waals surface area contributed by atoms with Crippen molar-refractivity contribution in [3.63, 3.8) is 0 Å². The van der Waals surface area contributed by atoms with Gasteiger partial charge in [0.1, 0.15) is 0 Å². The minimum absolute atomic E-state index is 0.0389. The number of hydrogen-bond donors (Lipinski definition) is 3. The number of amides is 1. The largest absolute Gasteiger partial charge is 0.459 e. The van der Waals surface area contributed by atoms with Crippen molar-refractivity contribution in [1.29, 1.82) is 0 Å². The van der Waals surface area contributed by atoms with Crippen LogP contribution in [0.4, 0.5) is 5.69 Å². The van der Waals surface area contributed by atoms with Crippen molar-refractivity contribution >= 4 is 11.6 Å². The molecule has 29 heavy (non-hydrogen) atoms. The molecule has 154 valence electrons.